The molecule has 0 aliphatic heterocycles. The Kier molecular flexibility index (Phi) is 5.57. The lowest BCUT2D eigenvalue weighted by Crippen LogP contribution is -2.24. The van der Waals surface area contributed by atoms with Gasteiger partial charge in [-0.15, -0.1) is 0 Å². The molecule has 5 heteroatoms. The summed E-state index contributed by atoms with van der Waals surface area (Å²) in [7, 11) is 0. The van der Waals surface area contributed by atoms with Crippen LogP contribution in [0.2, 0.25) is 10.0 Å². The third kappa shape index (κ3) is 3.94. The molecule has 1 N–H and O–H groups in total. The van der Waals surface area contributed by atoms with Crippen molar-refractivity contribution in [2.45, 2.75) is 19.4 Å². The van der Waals surface area contributed by atoms with Gasteiger partial charge in [-0.1, -0.05) is 48.3 Å². The predicted octanol–water partition coefficient (Wildman–Crippen LogP) is 5.16. The van der Waals surface area contributed by atoms with Crippen molar-refractivity contribution < 1.29 is 8.78 Å². The van der Waals surface area contributed by atoms with Crippen molar-refractivity contribution in [3.63, 3.8) is 0 Å². The molecule has 0 saturated carbocycles. The van der Waals surface area contributed by atoms with Gasteiger partial charge in [-0.05, 0) is 36.7 Å². The molecule has 0 heterocycles. The first-order valence-electron chi connectivity index (χ1n) is 6.64. The van der Waals surface area contributed by atoms with Gasteiger partial charge in [0, 0.05) is 16.6 Å². The molecule has 0 fully saturated rings. The molecule has 2 aromatic carbocycles. The summed E-state index contributed by atoms with van der Waals surface area (Å²) in [6.07, 6.45) is 0.464. The Morgan fingerprint density at radius 2 is 1.76 bits per heavy atom. The van der Waals surface area contributed by atoms with Gasteiger partial charge in [0.05, 0.1) is 5.02 Å². The minimum absolute atomic E-state index is 0.218. The van der Waals surface area contributed by atoms with Gasteiger partial charge in [-0.3, -0.25) is 0 Å². The molecule has 0 amide bonds. The van der Waals surface area contributed by atoms with Crippen molar-refractivity contribution in [3.05, 3.63) is 69.2 Å². The van der Waals surface area contributed by atoms with Gasteiger partial charge in [-0.2, -0.15) is 0 Å². The van der Waals surface area contributed by atoms with E-state index in [0.717, 1.165) is 17.7 Å². The van der Waals surface area contributed by atoms with E-state index in [1.54, 1.807) is 6.07 Å². The summed E-state index contributed by atoms with van der Waals surface area (Å²) in [5, 5.41) is 3.54. The van der Waals surface area contributed by atoms with Crippen LogP contribution in [0.25, 0.3) is 0 Å². The second-order valence-corrected chi connectivity index (χ2v) is 5.51. The first-order chi connectivity index (χ1) is 10.0. The standard InChI is InChI=1S/C16H15Cl2F2N/c1-2-21-16(7-10-5-3-4-6-12(10)17)11-8-15(20)13(18)9-14(11)19/h3-6,8-9,16,21H,2,7H2,1H3. The van der Waals surface area contributed by atoms with Crippen LogP contribution >= 0.6 is 23.2 Å². The van der Waals surface area contributed by atoms with E-state index in [2.05, 4.69) is 5.32 Å². The predicted molar refractivity (Wildman–Crippen MR) is 82.9 cm³/mol. The zero-order chi connectivity index (χ0) is 15.4. The SMILES string of the molecule is CCNC(Cc1ccccc1Cl)c1cc(F)c(Cl)cc1F. The van der Waals surface area contributed by atoms with Crippen LogP contribution in [0, 0.1) is 11.6 Å². The second kappa shape index (κ2) is 7.21. The van der Waals surface area contributed by atoms with Crippen LogP contribution in [0.1, 0.15) is 24.1 Å². The monoisotopic (exact) mass is 329 g/mol. The minimum atomic E-state index is -0.630. The maximum absolute atomic E-state index is 14.1. The average Bonchev–Trinajstić information content (AvgIpc) is 2.45. The maximum atomic E-state index is 14.1. The number of hydrogen-bond donors (Lipinski definition) is 1. The second-order valence-electron chi connectivity index (χ2n) is 4.69. The van der Waals surface area contributed by atoms with Crippen molar-refractivity contribution in [1.29, 1.82) is 0 Å². The Morgan fingerprint density at radius 1 is 1.05 bits per heavy atom. The Hall–Kier alpha value is -1.16. The van der Waals surface area contributed by atoms with Crippen molar-refractivity contribution in [2.75, 3.05) is 6.54 Å². The number of likely N-dealkylation sites (N-methyl/N-ethyl adjacent to an activating group) is 1. The van der Waals surface area contributed by atoms with E-state index in [4.69, 9.17) is 23.2 Å². The van der Waals surface area contributed by atoms with Gasteiger partial charge in [0.15, 0.2) is 0 Å². The van der Waals surface area contributed by atoms with E-state index in [9.17, 15) is 8.78 Å². The molecule has 0 bridgehead atoms. The maximum Gasteiger partial charge on any atom is 0.142 e. The van der Waals surface area contributed by atoms with E-state index in [0.29, 0.717) is 18.0 Å². The molecule has 0 aromatic heterocycles. The molecule has 0 aliphatic carbocycles. The highest BCUT2D eigenvalue weighted by Gasteiger charge is 2.19. The quantitative estimate of drug-likeness (QED) is 0.746. The molecular weight excluding hydrogens is 315 g/mol. The molecule has 21 heavy (non-hydrogen) atoms. The first-order valence-corrected chi connectivity index (χ1v) is 7.39. The molecule has 0 spiro atoms. The normalized spacial score (nSPS) is 12.4. The number of hydrogen-bond acceptors (Lipinski definition) is 1. The molecule has 1 unspecified atom stereocenters. The van der Waals surface area contributed by atoms with Crippen LogP contribution in [-0.4, -0.2) is 6.54 Å². The summed E-state index contributed by atoms with van der Waals surface area (Å²) >= 11 is 11.7. The van der Waals surface area contributed by atoms with Gasteiger partial charge in [0.1, 0.15) is 11.6 Å². The van der Waals surface area contributed by atoms with Crippen molar-refractivity contribution in [2.24, 2.45) is 0 Å². The van der Waals surface area contributed by atoms with Crippen LogP contribution in [0.5, 0.6) is 0 Å². The van der Waals surface area contributed by atoms with Crippen LogP contribution < -0.4 is 5.32 Å². The van der Waals surface area contributed by atoms with E-state index in [-0.39, 0.29) is 16.6 Å². The summed E-state index contributed by atoms with van der Waals surface area (Å²) in [5.41, 5.74) is 1.12. The fraction of sp³-hybridized carbons (Fsp3) is 0.250. The summed E-state index contributed by atoms with van der Waals surface area (Å²) < 4.78 is 27.7. The highest BCUT2D eigenvalue weighted by atomic mass is 35.5. The van der Waals surface area contributed by atoms with Crippen LogP contribution in [-0.2, 0) is 6.42 Å². The van der Waals surface area contributed by atoms with Gasteiger partial charge in [-0.25, -0.2) is 8.78 Å². The molecule has 1 nitrogen and oxygen atoms in total. The summed E-state index contributed by atoms with van der Waals surface area (Å²) in [6, 6.07) is 9.11. The first kappa shape index (κ1) is 16.2. The van der Waals surface area contributed by atoms with Gasteiger partial charge >= 0.3 is 0 Å². The molecule has 2 rings (SSSR count). The Labute approximate surface area is 132 Å². The molecule has 2 aromatic rings. The molecule has 0 radical (unpaired) electrons. The Morgan fingerprint density at radius 3 is 2.43 bits per heavy atom. The lowest BCUT2D eigenvalue weighted by molar-refractivity contribution is 0.502. The lowest BCUT2D eigenvalue weighted by Gasteiger charge is -2.20. The van der Waals surface area contributed by atoms with Crippen LogP contribution in [0.3, 0.4) is 0 Å². The number of benzene rings is 2. The fourth-order valence-corrected chi connectivity index (χ4v) is 2.59. The number of halogens is 4. The molecular formula is C16H15Cl2F2N. The van der Waals surface area contributed by atoms with E-state index in [1.807, 2.05) is 25.1 Å². The average molecular weight is 330 g/mol. The Bertz CT molecular complexity index is 632. The van der Waals surface area contributed by atoms with Crippen LogP contribution in [0.4, 0.5) is 8.78 Å². The van der Waals surface area contributed by atoms with Gasteiger partial charge in [0.25, 0.3) is 0 Å². The molecule has 0 saturated heterocycles. The third-order valence-corrected chi connectivity index (χ3v) is 3.91. The smallest absolute Gasteiger partial charge is 0.142 e. The van der Waals surface area contributed by atoms with E-state index >= 15 is 0 Å². The van der Waals surface area contributed by atoms with Crippen molar-refractivity contribution >= 4 is 23.2 Å². The van der Waals surface area contributed by atoms with Gasteiger partial charge in [0.2, 0.25) is 0 Å². The summed E-state index contributed by atoms with van der Waals surface area (Å²) in [4.78, 5) is 0. The summed E-state index contributed by atoms with van der Waals surface area (Å²) in [5.74, 6) is -1.16. The third-order valence-electron chi connectivity index (χ3n) is 3.25. The Balaban J connectivity index is 2.35. The minimum Gasteiger partial charge on any atom is -0.310 e. The molecule has 112 valence electrons. The highest BCUT2D eigenvalue weighted by molar-refractivity contribution is 6.31. The van der Waals surface area contributed by atoms with Gasteiger partial charge < -0.3 is 5.32 Å². The highest BCUT2D eigenvalue weighted by Crippen LogP contribution is 2.28. The lowest BCUT2D eigenvalue weighted by atomic mass is 9.98. The van der Waals surface area contributed by atoms with E-state index < -0.39 is 11.6 Å². The molecule has 1 atom stereocenters. The number of nitrogens with one attached hydrogen (secondary N) is 1. The molecule has 0 aliphatic rings. The zero-order valence-corrected chi connectivity index (χ0v) is 13.0. The summed E-state index contributed by atoms with van der Waals surface area (Å²) in [6.45, 7) is 2.53. The van der Waals surface area contributed by atoms with E-state index in [1.165, 1.54) is 0 Å². The zero-order valence-electron chi connectivity index (χ0n) is 11.5. The number of rotatable bonds is 5. The van der Waals surface area contributed by atoms with Crippen LogP contribution in [0.15, 0.2) is 36.4 Å². The fourth-order valence-electron chi connectivity index (χ4n) is 2.23. The van der Waals surface area contributed by atoms with Crippen molar-refractivity contribution in [1.82, 2.24) is 5.32 Å². The largest absolute Gasteiger partial charge is 0.310 e. The van der Waals surface area contributed by atoms with Crippen molar-refractivity contribution in [3.8, 4) is 0 Å². The topological polar surface area (TPSA) is 12.0 Å².